The Labute approximate surface area is 147 Å². The molecule has 0 fully saturated rings. The zero-order valence-electron chi connectivity index (χ0n) is 13.9. The summed E-state index contributed by atoms with van der Waals surface area (Å²) >= 11 is 5.81. The van der Waals surface area contributed by atoms with Crippen molar-refractivity contribution in [3.8, 4) is 0 Å². The number of hydrogen-bond acceptors (Lipinski definition) is 5. The maximum Gasteiger partial charge on any atom is 0.330 e. The molecule has 0 bridgehead atoms. The predicted octanol–water partition coefficient (Wildman–Crippen LogP) is 1.80. The third-order valence-corrected chi connectivity index (χ3v) is 4.14. The van der Waals surface area contributed by atoms with E-state index in [2.05, 4.69) is 19.9 Å². The number of methoxy groups -OCH3 is 1. The molecule has 1 atom stereocenters. The van der Waals surface area contributed by atoms with E-state index in [1.807, 2.05) is 13.0 Å². The normalized spacial score (nSPS) is 12.6. The van der Waals surface area contributed by atoms with Crippen LogP contribution in [0.25, 0.3) is 11.2 Å². The van der Waals surface area contributed by atoms with Crippen LogP contribution in [-0.2, 0) is 17.7 Å². The van der Waals surface area contributed by atoms with Gasteiger partial charge in [-0.1, -0.05) is 24.6 Å². The number of nitrogens with one attached hydrogen (secondary N) is 2. The van der Waals surface area contributed by atoms with Crippen LogP contribution >= 0.6 is 11.6 Å². The van der Waals surface area contributed by atoms with Gasteiger partial charge in [0, 0.05) is 26.3 Å². The van der Waals surface area contributed by atoms with Crippen molar-refractivity contribution in [3.05, 3.63) is 55.7 Å². The fraction of sp³-hybridized carbons (Fsp3) is 0.375. The van der Waals surface area contributed by atoms with Crippen molar-refractivity contribution in [1.82, 2.24) is 24.5 Å². The van der Waals surface area contributed by atoms with Crippen molar-refractivity contribution < 1.29 is 4.74 Å². The number of aromatic amines is 2. The minimum atomic E-state index is -0.478. The average molecular weight is 364 g/mol. The molecular weight excluding hydrogens is 346 g/mol. The van der Waals surface area contributed by atoms with E-state index >= 15 is 0 Å². The van der Waals surface area contributed by atoms with Crippen LogP contribution in [-0.4, -0.2) is 31.6 Å². The van der Waals surface area contributed by atoms with E-state index < -0.39 is 11.2 Å². The molecule has 2 N–H and O–H groups in total. The molecule has 0 aliphatic rings. The summed E-state index contributed by atoms with van der Waals surface area (Å²) in [7, 11) is 1.59. The molecule has 0 aliphatic heterocycles. The van der Waals surface area contributed by atoms with Crippen molar-refractivity contribution in [1.29, 1.82) is 0 Å². The lowest BCUT2D eigenvalue weighted by molar-refractivity contribution is 0.102. The Hall–Kier alpha value is -2.45. The smallest absolute Gasteiger partial charge is 0.330 e. The van der Waals surface area contributed by atoms with Gasteiger partial charge in [0.1, 0.15) is 16.5 Å². The van der Waals surface area contributed by atoms with E-state index in [-0.39, 0.29) is 11.6 Å². The minimum Gasteiger partial charge on any atom is -0.376 e. The minimum absolute atomic E-state index is 0.284. The average Bonchev–Trinajstić information content (AvgIpc) is 3.02. The molecule has 0 radical (unpaired) electrons. The molecule has 3 aromatic rings. The van der Waals surface area contributed by atoms with Gasteiger partial charge in [0.05, 0.1) is 6.10 Å². The second-order valence-electron chi connectivity index (χ2n) is 5.64. The van der Waals surface area contributed by atoms with Gasteiger partial charge in [-0.15, -0.1) is 0 Å². The van der Waals surface area contributed by atoms with Crippen LogP contribution in [0.15, 0.2) is 27.9 Å². The maximum atomic E-state index is 12.0. The van der Waals surface area contributed by atoms with Crippen LogP contribution in [0.4, 0.5) is 0 Å². The Kier molecular flexibility index (Phi) is 5.00. The lowest BCUT2D eigenvalue weighted by atomic mass is 10.1. The van der Waals surface area contributed by atoms with Gasteiger partial charge >= 0.3 is 5.69 Å². The SMILES string of the molecule is CCCn1c(=O)[nH]c(=O)c2[nH]c(C[C@H](OC)c3ccc(Cl)nc3)nc21. The van der Waals surface area contributed by atoms with E-state index in [4.69, 9.17) is 16.3 Å². The van der Waals surface area contributed by atoms with Gasteiger partial charge < -0.3 is 9.72 Å². The molecule has 0 saturated heterocycles. The molecule has 0 aromatic carbocycles. The van der Waals surface area contributed by atoms with Gasteiger partial charge in [-0.3, -0.25) is 14.3 Å². The van der Waals surface area contributed by atoms with Crippen LogP contribution in [0.1, 0.15) is 30.8 Å². The zero-order valence-corrected chi connectivity index (χ0v) is 14.6. The highest BCUT2D eigenvalue weighted by Gasteiger charge is 2.17. The quantitative estimate of drug-likeness (QED) is 0.649. The standard InChI is InChI=1S/C16H18ClN5O3/c1-3-6-22-14-13(15(23)21-16(22)24)19-12(20-14)7-10(25-2)9-4-5-11(17)18-8-9/h4-5,8,10H,3,6-7H2,1-2H3,(H,19,20)(H,21,23,24)/t10-/m0/s1. The van der Waals surface area contributed by atoms with Crippen LogP contribution in [0, 0.1) is 0 Å². The zero-order chi connectivity index (χ0) is 18.0. The van der Waals surface area contributed by atoms with Gasteiger partial charge in [0.2, 0.25) is 0 Å². The molecule has 25 heavy (non-hydrogen) atoms. The number of nitrogens with zero attached hydrogens (tertiary/aromatic N) is 3. The summed E-state index contributed by atoms with van der Waals surface area (Å²) in [6, 6.07) is 3.51. The Morgan fingerprint density at radius 1 is 1.32 bits per heavy atom. The van der Waals surface area contributed by atoms with E-state index in [9.17, 15) is 9.59 Å². The number of H-pyrrole nitrogens is 2. The fourth-order valence-corrected chi connectivity index (χ4v) is 2.82. The first-order valence-corrected chi connectivity index (χ1v) is 8.27. The molecule has 3 aromatic heterocycles. The number of rotatable bonds is 6. The highest BCUT2D eigenvalue weighted by atomic mass is 35.5. The first-order chi connectivity index (χ1) is 12.0. The molecule has 3 heterocycles. The molecule has 0 unspecified atom stereocenters. The molecular formula is C16H18ClN5O3. The van der Waals surface area contributed by atoms with Crippen LogP contribution in [0.5, 0.6) is 0 Å². The molecule has 8 nitrogen and oxygen atoms in total. The number of aromatic nitrogens is 5. The van der Waals surface area contributed by atoms with Gasteiger partial charge in [0.25, 0.3) is 5.56 Å². The number of fused-ring (bicyclic) bond motifs is 1. The molecule has 9 heteroatoms. The van der Waals surface area contributed by atoms with E-state index in [0.717, 1.165) is 12.0 Å². The lowest BCUT2D eigenvalue weighted by Crippen LogP contribution is -2.30. The van der Waals surface area contributed by atoms with Crippen molar-refractivity contribution in [2.45, 2.75) is 32.4 Å². The summed E-state index contributed by atoms with van der Waals surface area (Å²) in [5, 5.41) is 0.400. The molecule has 132 valence electrons. The van der Waals surface area contributed by atoms with Gasteiger partial charge in [0.15, 0.2) is 5.65 Å². The summed E-state index contributed by atoms with van der Waals surface area (Å²) in [6.45, 7) is 2.43. The molecule has 0 amide bonds. The van der Waals surface area contributed by atoms with E-state index in [1.165, 1.54) is 4.57 Å². The Bertz CT molecular complexity index is 990. The summed E-state index contributed by atoms with van der Waals surface area (Å²) in [4.78, 5) is 37.8. The van der Waals surface area contributed by atoms with Gasteiger partial charge in [-0.05, 0) is 18.1 Å². The second kappa shape index (κ2) is 7.20. The van der Waals surface area contributed by atoms with Crippen molar-refractivity contribution >= 4 is 22.8 Å². The summed E-state index contributed by atoms with van der Waals surface area (Å²) < 4.78 is 6.97. The molecule has 3 rings (SSSR count). The summed E-state index contributed by atoms with van der Waals surface area (Å²) in [5.41, 5.74) is 0.546. The number of pyridine rings is 1. The van der Waals surface area contributed by atoms with Crippen LogP contribution < -0.4 is 11.2 Å². The first kappa shape index (κ1) is 17.4. The maximum absolute atomic E-state index is 12.0. The molecule has 0 saturated carbocycles. The van der Waals surface area contributed by atoms with E-state index in [0.29, 0.717) is 29.6 Å². The topological polar surface area (TPSA) is 106 Å². The number of halogens is 1. The Morgan fingerprint density at radius 2 is 2.12 bits per heavy atom. The predicted molar refractivity (Wildman–Crippen MR) is 94.0 cm³/mol. The van der Waals surface area contributed by atoms with Gasteiger partial charge in [-0.2, -0.15) is 0 Å². The third kappa shape index (κ3) is 3.49. The van der Waals surface area contributed by atoms with Crippen LogP contribution in [0.2, 0.25) is 5.15 Å². The molecule has 0 aliphatic carbocycles. The fourth-order valence-electron chi connectivity index (χ4n) is 2.71. The summed E-state index contributed by atoms with van der Waals surface area (Å²) in [6.07, 6.45) is 2.48. The number of hydrogen-bond donors (Lipinski definition) is 2. The summed E-state index contributed by atoms with van der Waals surface area (Å²) in [5.74, 6) is 0.553. The molecule has 0 spiro atoms. The second-order valence-corrected chi connectivity index (χ2v) is 6.02. The third-order valence-electron chi connectivity index (χ3n) is 3.91. The number of ether oxygens (including phenoxy) is 1. The number of imidazole rings is 1. The number of aryl methyl sites for hydroxylation is 1. The Morgan fingerprint density at radius 3 is 2.76 bits per heavy atom. The van der Waals surface area contributed by atoms with Gasteiger partial charge in [-0.25, -0.2) is 14.8 Å². The first-order valence-electron chi connectivity index (χ1n) is 7.89. The Balaban J connectivity index is 1.99. The monoisotopic (exact) mass is 363 g/mol. The van der Waals surface area contributed by atoms with Crippen molar-refractivity contribution in [2.75, 3.05) is 7.11 Å². The van der Waals surface area contributed by atoms with Crippen molar-refractivity contribution in [2.24, 2.45) is 0 Å². The highest BCUT2D eigenvalue weighted by molar-refractivity contribution is 6.29. The largest absolute Gasteiger partial charge is 0.376 e. The highest BCUT2D eigenvalue weighted by Crippen LogP contribution is 2.21. The van der Waals surface area contributed by atoms with Crippen LogP contribution in [0.3, 0.4) is 0 Å². The van der Waals surface area contributed by atoms with E-state index in [1.54, 1.807) is 19.4 Å². The lowest BCUT2D eigenvalue weighted by Gasteiger charge is -2.13. The van der Waals surface area contributed by atoms with Crippen molar-refractivity contribution in [3.63, 3.8) is 0 Å².